The van der Waals surface area contributed by atoms with Crippen molar-refractivity contribution in [2.75, 3.05) is 13.7 Å². The molecular weight excluding hydrogens is 200 g/mol. The molecule has 0 atom stereocenters. The molecule has 0 bridgehead atoms. The number of carbonyl (C=O) groups is 2. The van der Waals surface area contributed by atoms with Crippen LogP contribution < -0.4 is 0 Å². The topological polar surface area (TPSA) is 72.8 Å². The smallest absolute Gasteiger partial charge is 0.331 e. The molecule has 0 amide bonds. The van der Waals surface area contributed by atoms with Crippen LogP contribution in [0.2, 0.25) is 0 Å². The van der Waals surface area contributed by atoms with Crippen molar-refractivity contribution in [2.24, 2.45) is 0 Å². The fourth-order valence-electron chi connectivity index (χ4n) is 0.845. The van der Waals surface area contributed by atoms with Gasteiger partial charge in [0.15, 0.2) is 0 Å². The number of aliphatic carboxylic acids is 1. The first-order chi connectivity index (χ1) is 6.87. The quantitative estimate of drug-likeness (QED) is 0.529. The standard InChI is InChI=1S/C10H16O5/c1-10(2,6-7-14-3)15-9(13)5-4-8(11)12/h4-5H,6-7H2,1-3H3,(H,11,12). The molecule has 0 aromatic carbocycles. The highest BCUT2D eigenvalue weighted by Crippen LogP contribution is 2.14. The normalized spacial score (nSPS) is 11.7. The van der Waals surface area contributed by atoms with Crippen LogP contribution in [0, 0.1) is 0 Å². The highest BCUT2D eigenvalue weighted by atomic mass is 16.6. The van der Waals surface area contributed by atoms with E-state index >= 15 is 0 Å². The van der Waals surface area contributed by atoms with Crippen molar-refractivity contribution in [3.05, 3.63) is 12.2 Å². The molecule has 0 aliphatic rings. The van der Waals surface area contributed by atoms with Crippen LogP contribution in [0.3, 0.4) is 0 Å². The lowest BCUT2D eigenvalue weighted by molar-refractivity contribution is -0.151. The number of ether oxygens (including phenoxy) is 2. The average Bonchev–Trinajstić information content (AvgIpc) is 2.11. The Balaban J connectivity index is 4.09. The average molecular weight is 216 g/mol. The summed E-state index contributed by atoms with van der Waals surface area (Å²) in [5.41, 5.74) is -0.657. The molecule has 15 heavy (non-hydrogen) atoms. The Morgan fingerprint density at radius 1 is 1.33 bits per heavy atom. The van der Waals surface area contributed by atoms with E-state index in [0.29, 0.717) is 13.0 Å². The van der Waals surface area contributed by atoms with E-state index in [1.165, 1.54) is 0 Å². The Hall–Kier alpha value is -1.36. The van der Waals surface area contributed by atoms with E-state index in [-0.39, 0.29) is 0 Å². The van der Waals surface area contributed by atoms with Crippen LogP contribution in [-0.4, -0.2) is 36.4 Å². The van der Waals surface area contributed by atoms with Crippen LogP contribution in [0.4, 0.5) is 0 Å². The van der Waals surface area contributed by atoms with Gasteiger partial charge in [-0.25, -0.2) is 9.59 Å². The lowest BCUT2D eigenvalue weighted by atomic mass is 10.1. The minimum atomic E-state index is -1.18. The maximum atomic E-state index is 11.1. The second-order valence-corrected chi connectivity index (χ2v) is 3.60. The summed E-state index contributed by atoms with van der Waals surface area (Å²) in [6.45, 7) is 3.94. The zero-order valence-electron chi connectivity index (χ0n) is 9.15. The van der Waals surface area contributed by atoms with Crippen LogP contribution in [0.15, 0.2) is 12.2 Å². The first-order valence-electron chi connectivity index (χ1n) is 4.50. The number of hydrogen-bond acceptors (Lipinski definition) is 4. The zero-order valence-corrected chi connectivity index (χ0v) is 9.15. The molecule has 0 fully saturated rings. The fraction of sp³-hybridized carbons (Fsp3) is 0.600. The molecule has 1 N–H and O–H groups in total. The molecule has 0 saturated carbocycles. The molecule has 0 radical (unpaired) electrons. The third-order valence-corrected chi connectivity index (χ3v) is 1.65. The minimum Gasteiger partial charge on any atom is -0.478 e. The van der Waals surface area contributed by atoms with Crippen LogP contribution in [0.25, 0.3) is 0 Å². The largest absolute Gasteiger partial charge is 0.478 e. The summed E-state index contributed by atoms with van der Waals surface area (Å²) < 4.78 is 9.88. The lowest BCUT2D eigenvalue weighted by Gasteiger charge is -2.23. The van der Waals surface area contributed by atoms with Crippen molar-refractivity contribution in [3.8, 4) is 0 Å². The molecule has 0 saturated heterocycles. The monoisotopic (exact) mass is 216 g/mol. The molecule has 0 unspecified atom stereocenters. The maximum Gasteiger partial charge on any atom is 0.331 e. The van der Waals surface area contributed by atoms with Gasteiger partial charge < -0.3 is 14.6 Å². The van der Waals surface area contributed by atoms with Gasteiger partial charge in [-0.05, 0) is 13.8 Å². The van der Waals surface area contributed by atoms with E-state index in [9.17, 15) is 9.59 Å². The predicted octanol–water partition coefficient (Wildman–Crippen LogP) is 0.985. The SMILES string of the molecule is COCCC(C)(C)OC(=O)C=CC(=O)O. The van der Waals surface area contributed by atoms with E-state index < -0.39 is 17.5 Å². The van der Waals surface area contributed by atoms with Gasteiger partial charge >= 0.3 is 11.9 Å². The predicted molar refractivity (Wildman–Crippen MR) is 53.4 cm³/mol. The third kappa shape index (κ3) is 7.69. The number of carboxylic acids is 1. The van der Waals surface area contributed by atoms with Gasteiger partial charge in [-0.2, -0.15) is 0 Å². The van der Waals surface area contributed by atoms with Gasteiger partial charge in [0, 0.05) is 32.3 Å². The highest BCUT2D eigenvalue weighted by Gasteiger charge is 2.21. The van der Waals surface area contributed by atoms with Gasteiger partial charge in [-0.15, -0.1) is 0 Å². The Labute approximate surface area is 88.7 Å². The molecule has 0 aliphatic carbocycles. The van der Waals surface area contributed by atoms with Crippen LogP contribution in [0.5, 0.6) is 0 Å². The molecule has 0 rings (SSSR count). The number of rotatable bonds is 6. The molecule has 0 aliphatic heterocycles. The van der Waals surface area contributed by atoms with E-state index in [1.807, 2.05) is 0 Å². The number of hydrogen-bond donors (Lipinski definition) is 1. The van der Waals surface area contributed by atoms with Crippen LogP contribution in [-0.2, 0) is 19.1 Å². The number of methoxy groups -OCH3 is 1. The third-order valence-electron chi connectivity index (χ3n) is 1.65. The van der Waals surface area contributed by atoms with Crippen molar-refractivity contribution in [1.82, 2.24) is 0 Å². The molecule has 86 valence electrons. The summed E-state index contributed by atoms with van der Waals surface area (Å²) in [6.07, 6.45) is 2.18. The second kappa shape index (κ2) is 6.19. The van der Waals surface area contributed by atoms with Gasteiger partial charge in [-0.3, -0.25) is 0 Å². The molecular formula is C10H16O5. The second-order valence-electron chi connectivity index (χ2n) is 3.60. The van der Waals surface area contributed by atoms with Crippen LogP contribution >= 0.6 is 0 Å². The zero-order chi connectivity index (χ0) is 11.9. The Bertz CT molecular complexity index is 255. The number of esters is 1. The fourth-order valence-corrected chi connectivity index (χ4v) is 0.845. The van der Waals surface area contributed by atoms with E-state index in [4.69, 9.17) is 14.6 Å². The summed E-state index contributed by atoms with van der Waals surface area (Å²) in [7, 11) is 1.56. The van der Waals surface area contributed by atoms with Gasteiger partial charge in [-0.1, -0.05) is 0 Å². The molecule has 0 aromatic rings. The molecule has 5 nitrogen and oxygen atoms in total. The Kier molecular flexibility index (Phi) is 5.62. The molecule has 0 spiro atoms. The van der Waals surface area contributed by atoms with Gasteiger partial charge in [0.1, 0.15) is 5.60 Å². The molecule has 0 heterocycles. The van der Waals surface area contributed by atoms with E-state index in [2.05, 4.69) is 0 Å². The van der Waals surface area contributed by atoms with Crippen LogP contribution in [0.1, 0.15) is 20.3 Å². The highest BCUT2D eigenvalue weighted by molar-refractivity contribution is 5.90. The van der Waals surface area contributed by atoms with Crippen molar-refractivity contribution < 1.29 is 24.2 Å². The summed E-state index contributed by atoms with van der Waals surface area (Å²) in [4.78, 5) is 21.2. The van der Waals surface area contributed by atoms with Crippen molar-refractivity contribution >= 4 is 11.9 Å². The maximum absolute atomic E-state index is 11.1. The Morgan fingerprint density at radius 2 is 1.93 bits per heavy atom. The number of carbonyl (C=O) groups excluding carboxylic acids is 1. The van der Waals surface area contributed by atoms with Gasteiger partial charge in [0.25, 0.3) is 0 Å². The summed E-state index contributed by atoms with van der Waals surface area (Å²) in [5.74, 6) is -1.85. The van der Waals surface area contributed by atoms with Gasteiger partial charge in [0.2, 0.25) is 0 Å². The van der Waals surface area contributed by atoms with E-state index in [0.717, 1.165) is 12.2 Å². The Morgan fingerprint density at radius 3 is 2.40 bits per heavy atom. The first-order valence-corrected chi connectivity index (χ1v) is 4.50. The van der Waals surface area contributed by atoms with E-state index in [1.54, 1.807) is 21.0 Å². The van der Waals surface area contributed by atoms with Crippen molar-refractivity contribution in [1.29, 1.82) is 0 Å². The van der Waals surface area contributed by atoms with Gasteiger partial charge in [0.05, 0.1) is 0 Å². The summed E-state index contributed by atoms with van der Waals surface area (Å²) in [5, 5.41) is 8.29. The number of carboxylic acid groups (broad SMARTS) is 1. The minimum absolute atomic E-state index is 0.475. The summed E-state index contributed by atoms with van der Waals surface area (Å²) in [6, 6.07) is 0. The van der Waals surface area contributed by atoms with Crippen molar-refractivity contribution in [2.45, 2.75) is 25.9 Å². The first kappa shape index (κ1) is 13.6. The van der Waals surface area contributed by atoms with Crippen molar-refractivity contribution in [3.63, 3.8) is 0 Å². The lowest BCUT2D eigenvalue weighted by Crippen LogP contribution is -2.28. The molecule has 5 heteroatoms. The summed E-state index contributed by atoms with van der Waals surface area (Å²) >= 11 is 0. The molecule has 0 aromatic heterocycles.